The highest BCUT2D eigenvalue weighted by Gasteiger charge is 2.29. The van der Waals surface area contributed by atoms with Crippen LogP contribution >= 0.6 is 11.6 Å². The van der Waals surface area contributed by atoms with Crippen molar-refractivity contribution in [1.82, 2.24) is 0 Å². The Balaban J connectivity index is 2.36. The lowest BCUT2D eigenvalue weighted by atomic mass is 10.2. The Hall–Kier alpha value is -0.940. The SMILES string of the molecule is FC(F)(F)c1ccc(OCCOCCCl)cc1. The van der Waals surface area contributed by atoms with Crippen molar-refractivity contribution in [2.75, 3.05) is 25.7 Å². The summed E-state index contributed by atoms with van der Waals surface area (Å²) in [5.74, 6) is 0.785. The smallest absolute Gasteiger partial charge is 0.416 e. The van der Waals surface area contributed by atoms with Gasteiger partial charge in [-0.2, -0.15) is 13.2 Å². The Kier molecular flexibility index (Phi) is 5.58. The van der Waals surface area contributed by atoms with Crippen molar-refractivity contribution in [2.24, 2.45) is 0 Å². The molecule has 17 heavy (non-hydrogen) atoms. The van der Waals surface area contributed by atoms with E-state index in [9.17, 15) is 13.2 Å². The van der Waals surface area contributed by atoms with E-state index in [0.717, 1.165) is 12.1 Å². The van der Waals surface area contributed by atoms with Gasteiger partial charge in [-0.3, -0.25) is 0 Å². The van der Waals surface area contributed by atoms with Crippen LogP contribution in [0.3, 0.4) is 0 Å². The van der Waals surface area contributed by atoms with E-state index >= 15 is 0 Å². The number of benzene rings is 1. The topological polar surface area (TPSA) is 18.5 Å². The maximum absolute atomic E-state index is 12.2. The molecule has 0 bridgehead atoms. The number of alkyl halides is 4. The number of rotatable bonds is 6. The van der Waals surface area contributed by atoms with E-state index in [1.807, 2.05) is 0 Å². The van der Waals surface area contributed by atoms with Crippen molar-refractivity contribution in [3.05, 3.63) is 29.8 Å². The van der Waals surface area contributed by atoms with Crippen LogP contribution in [0, 0.1) is 0 Å². The number of ether oxygens (including phenoxy) is 2. The summed E-state index contributed by atoms with van der Waals surface area (Å²) < 4.78 is 46.9. The fraction of sp³-hybridized carbons (Fsp3) is 0.455. The van der Waals surface area contributed by atoms with Gasteiger partial charge in [0.1, 0.15) is 12.4 Å². The molecule has 0 radical (unpaired) electrons. The van der Waals surface area contributed by atoms with Crippen molar-refractivity contribution in [3.63, 3.8) is 0 Å². The van der Waals surface area contributed by atoms with E-state index in [0.29, 0.717) is 24.8 Å². The van der Waals surface area contributed by atoms with Crippen LogP contribution in [-0.2, 0) is 10.9 Å². The molecule has 0 saturated carbocycles. The molecule has 0 heterocycles. The zero-order valence-corrected chi connectivity index (χ0v) is 9.72. The van der Waals surface area contributed by atoms with Gasteiger partial charge in [0.25, 0.3) is 0 Å². The average Bonchev–Trinajstić information content (AvgIpc) is 2.28. The maximum atomic E-state index is 12.2. The predicted molar refractivity (Wildman–Crippen MR) is 58.5 cm³/mol. The molecule has 0 aliphatic heterocycles. The quantitative estimate of drug-likeness (QED) is 0.582. The van der Waals surface area contributed by atoms with Gasteiger partial charge in [0.2, 0.25) is 0 Å². The molecule has 1 rings (SSSR count). The van der Waals surface area contributed by atoms with Gasteiger partial charge in [-0.05, 0) is 24.3 Å². The van der Waals surface area contributed by atoms with Crippen LogP contribution in [0.15, 0.2) is 24.3 Å². The molecule has 0 atom stereocenters. The molecule has 0 saturated heterocycles. The zero-order valence-electron chi connectivity index (χ0n) is 8.97. The highest BCUT2D eigenvalue weighted by Crippen LogP contribution is 2.30. The molecule has 0 fully saturated rings. The van der Waals surface area contributed by atoms with Crippen molar-refractivity contribution in [3.8, 4) is 5.75 Å². The number of halogens is 4. The minimum atomic E-state index is -4.32. The van der Waals surface area contributed by atoms with E-state index in [1.54, 1.807) is 0 Å². The molecular weight excluding hydrogens is 257 g/mol. The first-order valence-electron chi connectivity index (χ1n) is 4.98. The van der Waals surface area contributed by atoms with Gasteiger partial charge in [0.05, 0.1) is 18.8 Å². The van der Waals surface area contributed by atoms with Crippen LogP contribution in [0.2, 0.25) is 0 Å². The van der Waals surface area contributed by atoms with Crippen LogP contribution in [0.1, 0.15) is 5.56 Å². The molecule has 0 spiro atoms. The first-order chi connectivity index (χ1) is 8.04. The third-order valence-electron chi connectivity index (χ3n) is 1.90. The molecule has 1 aromatic carbocycles. The van der Waals surface area contributed by atoms with Crippen LogP contribution in [-0.4, -0.2) is 25.7 Å². The lowest BCUT2D eigenvalue weighted by Gasteiger charge is -2.09. The van der Waals surface area contributed by atoms with Crippen LogP contribution in [0.4, 0.5) is 13.2 Å². The molecular formula is C11H12ClF3O2. The molecule has 1 aromatic rings. The van der Waals surface area contributed by atoms with Crippen LogP contribution in [0.5, 0.6) is 5.75 Å². The molecule has 6 heteroatoms. The summed E-state index contributed by atoms with van der Waals surface area (Å²) in [5, 5.41) is 0. The van der Waals surface area contributed by atoms with E-state index in [2.05, 4.69) is 0 Å². The average molecular weight is 269 g/mol. The molecule has 0 N–H and O–H groups in total. The number of hydrogen-bond acceptors (Lipinski definition) is 2. The fourth-order valence-corrected chi connectivity index (χ4v) is 1.22. The molecule has 2 nitrogen and oxygen atoms in total. The second kappa shape index (κ2) is 6.71. The summed E-state index contributed by atoms with van der Waals surface area (Å²) in [5.41, 5.74) is -0.691. The maximum Gasteiger partial charge on any atom is 0.416 e. The monoisotopic (exact) mass is 268 g/mol. The molecule has 0 amide bonds. The van der Waals surface area contributed by atoms with E-state index in [1.165, 1.54) is 12.1 Å². The minimum absolute atomic E-state index is 0.280. The van der Waals surface area contributed by atoms with Crippen molar-refractivity contribution in [2.45, 2.75) is 6.18 Å². The molecule has 0 unspecified atom stereocenters. The lowest BCUT2D eigenvalue weighted by Crippen LogP contribution is -2.08. The largest absolute Gasteiger partial charge is 0.491 e. The zero-order chi connectivity index (χ0) is 12.7. The molecule has 0 aliphatic carbocycles. The van der Waals surface area contributed by atoms with Gasteiger partial charge < -0.3 is 9.47 Å². The van der Waals surface area contributed by atoms with Crippen molar-refractivity contribution < 1.29 is 22.6 Å². The minimum Gasteiger partial charge on any atom is -0.491 e. The van der Waals surface area contributed by atoms with Gasteiger partial charge in [-0.25, -0.2) is 0 Å². The highest BCUT2D eigenvalue weighted by atomic mass is 35.5. The molecule has 0 aromatic heterocycles. The van der Waals surface area contributed by atoms with Crippen molar-refractivity contribution >= 4 is 11.6 Å². The van der Waals surface area contributed by atoms with Crippen LogP contribution < -0.4 is 4.74 Å². The number of hydrogen-bond donors (Lipinski definition) is 0. The predicted octanol–water partition coefficient (Wildman–Crippen LogP) is 3.34. The van der Waals surface area contributed by atoms with E-state index in [-0.39, 0.29) is 6.61 Å². The fourth-order valence-electron chi connectivity index (χ4n) is 1.12. The Morgan fingerprint density at radius 1 is 1.00 bits per heavy atom. The highest BCUT2D eigenvalue weighted by molar-refractivity contribution is 6.17. The van der Waals surface area contributed by atoms with Gasteiger partial charge in [-0.15, -0.1) is 11.6 Å². The van der Waals surface area contributed by atoms with Gasteiger partial charge in [-0.1, -0.05) is 0 Å². The Morgan fingerprint density at radius 2 is 1.65 bits per heavy atom. The summed E-state index contributed by atoms with van der Waals surface area (Å²) in [4.78, 5) is 0. The first kappa shape index (κ1) is 14.1. The molecule has 96 valence electrons. The van der Waals surface area contributed by atoms with E-state index in [4.69, 9.17) is 21.1 Å². The summed E-state index contributed by atoms with van der Waals surface area (Å²) in [6, 6.07) is 4.53. The van der Waals surface area contributed by atoms with Gasteiger partial charge in [0, 0.05) is 5.88 Å². The molecule has 0 aliphatic rings. The van der Waals surface area contributed by atoms with Gasteiger partial charge in [0.15, 0.2) is 0 Å². The van der Waals surface area contributed by atoms with E-state index < -0.39 is 11.7 Å². The third-order valence-corrected chi connectivity index (χ3v) is 2.05. The second-order valence-corrected chi connectivity index (χ2v) is 3.55. The standard InChI is InChI=1S/C11H12ClF3O2/c12-5-6-16-7-8-17-10-3-1-9(2-4-10)11(13,14)15/h1-4H,5-8H2. The summed E-state index contributed by atoms with van der Waals surface area (Å²) in [7, 11) is 0. The van der Waals surface area contributed by atoms with Crippen LogP contribution in [0.25, 0.3) is 0 Å². The van der Waals surface area contributed by atoms with Gasteiger partial charge >= 0.3 is 6.18 Å². The Bertz CT molecular complexity index is 324. The lowest BCUT2D eigenvalue weighted by molar-refractivity contribution is -0.137. The summed E-state index contributed by atoms with van der Waals surface area (Å²) in [6.07, 6.45) is -4.32. The normalized spacial score (nSPS) is 11.5. The second-order valence-electron chi connectivity index (χ2n) is 3.17. The summed E-state index contributed by atoms with van der Waals surface area (Å²) >= 11 is 5.39. The Morgan fingerprint density at radius 3 is 2.18 bits per heavy atom. The third kappa shape index (κ3) is 5.28. The summed E-state index contributed by atoms with van der Waals surface area (Å²) in [6.45, 7) is 1.06. The first-order valence-corrected chi connectivity index (χ1v) is 5.51. The van der Waals surface area contributed by atoms with Crippen molar-refractivity contribution in [1.29, 1.82) is 0 Å². The Labute approximate surface area is 102 Å².